The molecule has 1 rings (SSSR count). The van der Waals surface area contributed by atoms with Crippen LogP contribution < -0.4 is 5.32 Å². The Morgan fingerprint density at radius 2 is 2.27 bits per heavy atom. The van der Waals surface area contributed by atoms with Gasteiger partial charge in [0.15, 0.2) is 0 Å². The van der Waals surface area contributed by atoms with Crippen LogP contribution in [0.4, 0.5) is 4.39 Å². The molecule has 0 spiro atoms. The van der Waals surface area contributed by atoms with Gasteiger partial charge < -0.3 is 5.32 Å². The Hall–Kier alpha value is -0.540. The smallest absolute Gasteiger partial charge is 0.123 e. The van der Waals surface area contributed by atoms with Gasteiger partial charge in [0.1, 0.15) is 5.82 Å². The molecule has 1 aromatic rings. The van der Waals surface area contributed by atoms with Crippen molar-refractivity contribution in [2.75, 3.05) is 5.88 Å². The van der Waals surface area contributed by atoms with E-state index in [2.05, 4.69) is 17.9 Å². The summed E-state index contributed by atoms with van der Waals surface area (Å²) >= 11 is 3.97. The van der Waals surface area contributed by atoms with Crippen molar-refractivity contribution in [2.45, 2.75) is 6.54 Å². The van der Waals surface area contributed by atoms with Crippen LogP contribution in [0.3, 0.4) is 0 Å². The second-order valence-electron chi connectivity index (χ2n) is 2.21. The standard InChI is InChI=1S/C8H10FNS/c9-8-3-1-2-7(4-8)5-10-6-11/h1-4,10-11H,5-6H2. The van der Waals surface area contributed by atoms with Crippen molar-refractivity contribution in [3.8, 4) is 0 Å². The van der Waals surface area contributed by atoms with Crippen molar-refractivity contribution in [1.29, 1.82) is 0 Å². The summed E-state index contributed by atoms with van der Waals surface area (Å²) in [4.78, 5) is 0. The SMILES string of the molecule is Fc1cccc(CNCS)c1. The van der Waals surface area contributed by atoms with Gasteiger partial charge in [-0.3, -0.25) is 0 Å². The van der Waals surface area contributed by atoms with Crippen LogP contribution in [-0.4, -0.2) is 5.88 Å². The fourth-order valence-corrected chi connectivity index (χ4v) is 0.959. The average molecular weight is 171 g/mol. The van der Waals surface area contributed by atoms with E-state index in [1.165, 1.54) is 12.1 Å². The molecule has 0 aliphatic carbocycles. The number of rotatable bonds is 3. The molecule has 0 radical (unpaired) electrons. The zero-order chi connectivity index (χ0) is 8.10. The van der Waals surface area contributed by atoms with Gasteiger partial charge in [0.25, 0.3) is 0 Å². The van der Waals surface area contributed by atoms with Gasteiger partial charge >= 0.3 is 0 Å². The van der Waals surface area contributed by atoms with Crippen LogP contribution in [0.2, 0.25) is 0 Å². The number of halogens is 1. The summed E-state index contributed by atoms with van der Waals surface area (Å²) in [5.74, 6) is 0.416. The monoisotopic (exact) mass is 171 g/mol. The Bertz CT molecular complexity index is 227. The summed E-state index contributed by atoms with van der Waals surface area (Å²) in [6, 6.07) is 6.52. The molecule has 60 valence electrons. The molecule has 3 heteroatoms. The Balaban J connectivity index is 2.56. The molecule has 11 heavy (non-hydrogen) atoms. The highest BCUT2D eigenvalue weighted by molar-refractivity contribution is 7.80. The first-order valence-corrected chi connectivity index (χ1v) is 4.02. The van der Waals surface area contributed by atoms with Crippen LogP contribution in [-0.2, 0) is 6.54 Å². The van der Waals surface area contributed by atoms with Gasteiger partial charge in [-0.05, 0) is 17.7 Å². The normalized spacial score (nSPS) is 10.0. The summed E-state index contributed by atoms with van der Waals surface area (Å²) < 4.78 is 12.5. The maximum Gasteiger partial charge on any atom is 0.123 e. The number of thiol groups is 1. The van der Waals surface area contributed by atoms with E-state index in [4.69, 9.17) is 0 Å². The van der Waals surface area contributed by atoms with E-state index in [-0.39, 0.29) is 5.82 Å². The van der Waals surface area contributed by atoms with Crippen molar-refractivity contribution >= 4 is 12.6 Å². The zero-order valence-electron chi connectivity index (χ0n) is 6.05. The van der Waals surface area contributed by atoms with E-state index < -0.39 is 0 Å². The molecule has 1 aromatic carbocycles. The fraction of sp³-hybridized carbons (Fsp3) is 0.250. The van der Waals surface area contributed by atoms with E-state index >= 15 is 0 Å². The molecule has 0 bridgehead atoms. The summed E-state index contributed by atoms with van der Waals surface area (Å²) in [6.45, 7) is 0.668. The van der Waals surface area contributed by atoms with Crippen molar-refractivity contribution in [3.05, 3.63) is 35.6 Å². The molecule has 0 aromatic heterocycles. The van der Waals surface area contributed by atoms with E-state index in [1.807, 2.05) is 6.07 Å². The van der Waals surface area contributed by atoms with Crippen molar-refractivity contribution in [2.24, 2.45) is 0 Å². The average Bonchev–Trinajstić information content (AvgIpc) is 2.01. The lowest BCUT2D eigenvalue weighted by Crippen LogP contribution is -2.10. The second kappa shape index (κ2) is 4.36. The van der Waals surface area contributed by atoms with Crippen LogP contribution in [0.15, 0.2) is 24.3 Å². The minimum Gasteiger partial charge on any atom is -0.304 e. The highest BCUT2D eigenvalue weighted by atomic mass is 32.1. The van der Waals surface area contributed by atoms with E-state index in [1.54, 1.807) is 6.07 Å². The van der Waals surface area contributed by atoms with E-state index in [0.717, 1.165) is 5.56 Å². The van der Waals surface area contributed by atoms with Crippen LogP contribution >= 0.6 is 12.6 Å². The third-order valence-electron chi connectivity index (χ3n) is 1.33. The van der Waals surface area contributed by atoms with Crippen molar-refractivity contribution in [3.63, 3.8) is 0 Å². The van der Waals surface area contributed by atoms with Gasteiger partial charge in [0.2, 0.25) is 0 Å². The molecule has 0 amide bonds. The van der Waals surface area contributed by atoms with Crippen LogP contribution in [0.5, 0.6) is 0 Å². The highest BCUT2D eigenvalue weighted by Crippen LogP contribution is 2.02. The van der Waals surface area contributed by atoms with Crippen molar-refractivity contribution in [1.82, 2.24) is 5.32 Å². The number of hydrogen-bond acceptors (Lipinski definition) is 2. The van der Waals surface area contributed by atoms with Crippen LogP contribution in [0, 0.1) is 5.82 Å². The third-order valence-corrected chi connectivity index (χ3v) is 1.55. The molecule has 0 aliphatic rings. The first-order chi connectivity index (χ1) is 5.33. The van der Waals surface area contributed by atoms with Crippen LogP contribution in [0.25, 0.3) is 0 Å². The minimum absolute atomic E-state index is 0.191. The van der Waals surface area contributed by atoms with E-state index in [9.17, 15) is 4.39 Å². The Labute approximate surface area is 71.0 Å². The summed E-state index contributed by atoms with van der Waals surface area (Å²) in [7, 11) is 0. The number of hydrogen-bond donors (Lipinski definition) is 2. The minimum atomic E-state index is -0.191. The molecule has 0 heterocycles. The predicted octanol–water partition coefficient (Wildman–Crippen LogP) is 1.80. The van der Waals surface area contributed by atoms with Gasteiger partial charge in [-0.2, -0.15) is 12.6 Å². The molecule has 0 atom stereocenters. The summed E-state index contributed by atoms with van der Waals surface area (Å²) in [6.07, 6.45) is 0. The topological polar surface area (TPSA) is 12.0 Å². The third kappa shape index (κ3) is 2.91. The molecule has 0 aliphatic heterocycles. The zero-order valence-corrected chi connectivity index (χ0v) is 6.94. The Morgan fingerprint density at radius 1 is 1.45 bits per heavy atom. The molecular formula is C8H10FNS. The van der Waals surface area contributed by atoms with Gasteiger partial charge in [-0.15, -0.1) is 0 Å². The first kappa shape index (κ1) is 8.56. The molecule has 0 saturated carbocycles. The second-order valence-corrected chi connectivity index (χ2v) is 2.53. The van der Waals surface area contributed by atoms with Gasteiger partial charge in [-0.1, -0.05) is 12.1 Å². The summed E-state index contributed by atoms with van der Waals surface area (Å²) in [5.41, 5.74) is 0.944. The Morgan fingerprint density at radius 3 is 2.91 bits per heavy atom. The van der Waals surface area contributed by atoms with Crippen molar-refractivity contribution < 1.29 is 4.39 Å². The van der Waals surface area contributed by atoms with Crippen LogP contribution in [0.1, 0.15) is 5.56 Å². The summed E-state index contributed by atoms with van der Waals surface area (Å²) in [5, 5.41) is 2.99. The lowest BCUT2D eigenvalue weighted by atomic mass is 10.2. The maximum atomic E-state index is 12.5. The molecule has 0 fully saturated rings. The molecule has 0 unspecified atom stereocenters. The predicted molar refractivity (Wildman–Crippen MR) is 47.1 cm³/mol. The first-order valence-electron chi connectivity index (χ1n) is 3.39. The van der Waals surface area contributed by atoms with E-state index in [0.29, 0.717) is 12.4 Å². The molecule has 0 saturated heterocycles. The molecule has 1 N–H and O–H groups in total. The molecule has 1 nitrogen and oxygen atoms in total. The largest absolute Gasteiger partial charge is 0.304 e. The quantitative estimate of drug-likeness (QED) is 0.522. The number of benzene rings is 1. The maximum absolute atomic E-state index is 12.5. The highest BCUT2D eigenvalue weighted by Gasteiger charge is 1.92. The van der Waals surface area contributed by atoms with Gasteiger partial charge in [0, 0.05) is 12.4 Å². The fourth-order valence-electron chi connectivity index (χ4n) is 0.847. The molecular weight excluding hydrogens is 161 g/mol. The Kier molecular flexibility index (Phi) is 3.39. The lowest BCUT2D eigenvalue weighted by molar-refractivity contribution is 0.623. The van der Waals surface area contributed by atoms with Gasteiger partial charge in [0.05, 0.1) is 0 Å². The van der Waals surface area contributed by atoms with Gasteiger partial charge in [-0.25, -0.2) is 4.39 Å². The number of nitrogens with one attached hydrogen (secondary N) is 1. The lowest BCUT2D eigenvalue weighted by Gasteiger charge is -2.00.